The van der Waals surface area contributed by atoms with Crippen molar-refractivity contribution in [2.75, 3.05) is 19.0 Å². The molecule has 3 rings (SSSR count). The molecule has 0 aromatic heterocycles. The number of allylic oxidation sites excluding steroid dienone is 2. The van der Waals surface area contributed by atoms with E-state index >= 15 is 0 Å². The zero-order chi connectivity index (χ0) is 14.1. The summed E-state index contributed by atoms with van der Waals surface area (Å²) >= 11 is 3.64. The first-order valence-electron chi connectivity index (χ1n) is 6.61. The molecule has 100 valence electrons. The van der Waals surface area contributed by atoms with Gasteiger partial charge >= 0.3 is 0 Å². The second-order valence-electron chi connectivity index (χ2n) is 5.12. The van der Waals surface area contributed by atoms with E-state index in [1.165, 1.54) is 28.0 Å². The number of benzene rings is 2. The standard InChI is InChI=1S/C18H16BrN/c1-20(2)15-9-7-13(8-10-15)11-14-12-18(19)17-6-4-3-5-16(14)17/h3-12H,1-2H3/b14-11-. The van der Waals surface area contributed by atoms with Gasteiger partial charge in [-0.3, -0.25) is 0 Å². The van der Waals surface area contributed by atoms with Crippen molar-refractivity contribution in [2.24, 2.45) is 0 Å². The van der Waals surface area contributed by atoms with E-state index in [2.05, 4.69) is 95.6 Å². The molecule has 0 saturated carbocycles. The molecule has 2 aromatic rings. The molecule has 1 nitrogen and oxygen atoms in total. The molecular weight excluding hydrogens is 310 g/mol. The average Bonchev–Trinajstić information content (AvgIpc) is 2.77. The van der Waals surface area contributed by atoms with Crippen molar-refractivity contribution in [1.29, 1.82) is 0 Å². The van der Waals surface area contributed by atoms with E-state index in [4.69, 9.17) is 0 Å². The van der Waals surface area contributed by atoms with Crippen LogP contribution in [-0.2, 0) is 0 Å². The Kier molecular flexibility index (Phi) is 3.49. The Balaban J connectivity index is 1.98. The average molecular weight is 326 g/mol. The quantitative estimate of drug-likeness (QED) is 0.747. The van der Waals surface area contributed by atoms with Crippen LogP contribution in [0.15, 0.2) is 54.6 Å². The van der Waals surface area contributed by atoms with Gasteiger partial charge in [0.1, 0.15) is 0 Å². The Morgan fingerprint density at radius 3 is 2.20 bits per heavy atom. The maximum absolute atomic E-state index is 3.64. The molecule has 20 heavy (non-hydrogen) atoms. The minimum Gasteiger partial charge on any atom is -0.378 e. The summed E-state index contributed by atoms with van der Waals surface area (Å²) < 4.78 is 1.16. The molecule has 0 bridgehead atoms. The molecule has 0 fully saturated rings. The summed E-state index contributed by atoms with van der Waals surface area (Å²) in [7, 11) is 4.11. The summed E-state index contributed by atoms with van der Waals surface area (Å²) in [5, 5.41) is 0. The molecule has 0 saturated heterocycles. The third kappa shape index (κ3) is 2.44. The van der Waals surface area contributed by atoms with Crippen molar-refractivity contribution in [3.63, 3.8) is 0 Å². The normalized spacial score (nSPS) is 15.2. The Bertz CT molecular complexity index is 694. The molecule has 0 atom stereocenters. The molecular formula is C18H16BrN. The van der Waals surface area contributed by atoms with Gasteiger partial charge in [0, 0.05) is 24.3 Å². The summed E-state index contributed by atoms with van der Waals surface area (Å²) in [5.41, 5.74) is 6.25. The fourth-order valence-electron chi connectivity index (χ4n) is 2.40. The number of anilines is 1. The van der Waals surface area contributed by atoms with Crippen LogP contribution in [0.3, 0.4) is 0 Å². The molecule has 0 spiro atoms. The van der Waals surface area contributed by atoms with Crippen molar-refractivity contribution in [3.8, 4) is 0 Å². The topological polar surface area (TPSA) is 3.24 Å². The van der Waals surface area contributed by atoms with Crippen LogP contribution < -0.4 is 4.90 Å². The van der Waals surface area contributed by atoms with E-state index in [0.717, 1.165) is 4.48 Å². The third-order valence-corrected chi connectivity index (χ3v) is 4.17. The summed E-state index contributed by atoms with van der Waals surface area (Å²) in [6, 6.07) is 17.1. The largest absolute Gasteiger partial charge is 0.378 e. The van der Waals surface area contributed by atoms with Gasteiger partial charge in [0.25, 0.3) is 0 Å². The maximum Gasteiger partial charge on any atom is 0.0361 e. The van der Waals surface area contributed by atoms with Crippen LogP contribution in [0.1, 0.15) is 16.7 Å². The summed E-state index contributed by atoms with van der Waals surface area (Å²) in [6.45, 7) is 0. The van der Waals surface area contributed by atoms with Crippen LogP contribution in [0.25, 0.3) is 16.1 Å². The highest BCUT2D eigenvalue weighted by molar-refractivity contribution is 9.15. The van der Waals surface area contributed by atoms with Crippen molar-refractivity contribution >= 4 is 37.7 Å². The first-order valence-corrected chi connectivity index (χ1v) is 7.40. The van der Waals surface area contributed by atoms with Gasteiger partial charge in [-0.05, 0) is 46.5 Å². The van der Waals surface area contributed by atoms with Gasteiger partial charge in [0.05, 0.1) is 0 Å². The molecule has 1 aliphatic carbocycles. The van der Waals surface area contributed by atoms with Crippen LogP contribution in [0.4, 0.5) is 5.69 Å². The Hall–Kier alpha value is -1.80. The lowest BCUT2D eigenvalue weighted by Gasteiger charge is -2.12. The lowest BCUT2D eigenvalue weighted by Crippen LogP contribution is -2.07. The van der Waals surface area contributed by atoms with Crippen LogP contribution in [-0.4, -0.2) is 14.1 Å². The molecule has 0 heterocycles. The predicted molar refractivity (Wildman–Crippen MR) is 92.0 cm³/mol. The number of rotatable bonds is 2. The molecule has 0 unspecified atom stereocenters. The van der Waals surface area contributed by atoms with Crippen LogP contribution >= 0.6 is 15.9 Å². The van der Waals surface area contributed by atoms with Crippen molar-refractivity contribution in [3.05, 3.63) is 71.3 Å². The fourth-order valence-corrected chi connectivity index (χ4v) is 3.00. The second-order valence-corrected chi connectivity index (χ2v) is 5.98. The van der Waals surface area contributed by atoms with E-state index in [1.54, 1.807) is 0 Å². The van der Waals surface area contributed by atoms with E-state index in [-0.39, 0.29) is 0 Å². The SMILES string of the molecule is CN(C)c1ccc(/C=C2/C=C(Br)c3ccccc32)cc1. The lowest BCUT2D eigenvalue weighted by molar-refractivity contribution is 1.13. The third-order valence-electron chi connectivity index (χ3n) is 3.51. The van der Waals surface area contributed by atoms with E-state index in [0.29, 0.717) is 0 Å². The van der Waals surface area contributed by atoms with Gasteiger partial charge < -0.3 is 4.90 Å². The monoisotopic (exact) mass is 325 g/mol. The maximum atomic E-state index is 3.64. The molecule has 2 aromatic carbocycles. The zero-order valence-electron chi connectivity index (χ0n) is 11.6. The first-order chi connectivity index (χ1) is 9.65. The molecule has 1 aliphatic rings. The summed E-state index contributed by atoms with van der Waals surface area (Å²) in [5.74, 6) is 0. The molecule has 0 N–H and O–H groups in total. The number of hydrogen-bond acceptors (Lipinski definition) is 1. The minimum absolute atomic E-state index is 1.16. The number of nitrogens with zero attached hydrogens (tertiary/aromatic N) is 1. The van der Waals surface area contributed by atoms with Crippen LogP contribution in [0, 0.1) is 0 Å². The first kappa shape index (κ1) is 13.2. The van der Waals surface area contributed by atoms with Crippen LogP contribution in [0.2, 0.25) is 0 Å². The van der Waals surface area contributed by atoms with Crippen molar-refractivity contribution in [2.45, 2.75) is 0 Å². The smallest absolute Gasteiger partial charge is 0.0361 e. The van der Waals surface area contributed by atoms with Crippen molar-refractivity contribution < 1.29 is 0 Å². The predicted octanol–water partition coefficient (Wildman–Crippen LogP) is 5.04. The summed E-state index contributed by atoms with van der Waals surface area (Å²) in [6.07, 6.45) is 4.41. The second kappa shape index (κ2) is 5.29. The minimum atomic E-state index is 1.16. The Morgan fingerprint density at radius 2 is 1.55 bits per heavy atom. The lowest BCUT2D eigenvalue weighted by atomic mass is 10.0. The highest BCUT2D eigenvalue weighted by atomic mass is 79.9. The highest BCUT2D eigenvalue weighted by Gasteiger charge is 2.15. The van der Waals surface area contributed by atoms with Gasteiger partial charge in [-0.25, -0.2) is 0 Å². The van der Waals surface area contributed by atoms with E-state index < -0.39 is 0 Å². The van der Waals surface area contributed by atoms with Crippen LogP contribution in [0.5, 0.6) is 0 Å². The van der Waals surface area contributed by atoms with Gasteiger partial charge in [-0.1, -0.05) is 52.3 Å². The Labute approximate surface area is 128 Å². The van der Waals surface area contributed by atoms with E-state index in [9.17, 15) is 0 Å². The number of fused-ring (bicyclic) bond motifs is 1. The van der Waals surface area contributed by atoms with E-state index in [1.807, 2.05) is 0 Å². The van der Waals surface area contributed by atoms with Gasteiger partial charge in [0.2, 0.25) is 0 Å². The fraction of sp³-hybridized carbons (Fsp3) is 0.111. The number of halogens is 1. The van der Waals surface area contributed by atoms with Gasteiger partial charge in [0.15, 0.2) is 0 Å². The summed E-state index contributed by atoms with van der Waals surface area (Å²) in [4.78, 5) is 2.11. The van der Waals surface area contributed by atoms with Gasteiger partial charge in [-0.15, -0.1) is 0 Å². The molecule has 0 radical (unpaired) electrons. The molecule has 0 aliphatic heterocycles. The number of hydrogen-bond donors (Lipinski definition) is 0. The molecule has 0 amide bonds. The highest BCUT2D eigenvalue weighted by Crippen LogP contribution is 2.39. The zero-order valence-corrected chi connectivity index (χ0v) is 13.2. The van der Waals surface area contributed by atoms with Gasteiger partial charge in [-0.2, -0.15) is 0 Å². The van der Waals surface area contributed by atoms with Crippen molar-refractivity contribution in [1.82, 2.24) is 0 Å². The Morgan fingerprint density at radius 1 is 0.900 bits per heavy atom. The molecule has 2 heteroatoms.